The Hall–Kier alpha value is -0.0236. The molecule has 0 fully saturated rings. The minimum atomic E-state index is -3.47. The van der Waals surface area contributed by atoms with Crippen LogP contribution in [0, 0.1) is 0 Å². The first kappa shape index (κ1) is 20.0. The third-order valence-electron chi connectivity index (χ3n) is 2.64. The van der Waals surface area contributed by atoms with Crippen molar-refractivity contribution in [2.45, 2.75) is 18.7 Å². The summed E-state index contributed by atoms with van der Waals surface area (Å²) in [7, 11) is -3.47. The maximum atomic E-state index is 12.2. The first-order valence-corrected chi connectivity index (χ1v) is 7.35. The van der Waals surface area contributed by atoms with Gasteiger partial charge >= 0.3 is 0 Å². The van der Waals surface area contributed by atoms with E-state index in [0.717, 1.165) is 6.08 Å². The molecule has 0 aliphatic heterocycles. The summed E-state index contributed by atoms with van der Waals surface area (Å²) < 4.78 is 25.7. The molecule has 0 amide bonds. The molecule has 0 unspecified atom stereocenters. The predicted octanol–water partition coefficient (Wildman–Crippen LogP) is 0.0994. The van der Waals surface area contributed by atoms with E-state index in [9.17, 15) is 18.3 Å². The zero-order chi connectivity index (χ0) is 14.5. The molecule has 0 bridgehead atoms. The molecular weight excluding hydrogens is 305 g/mol. The van der Waals surface area contributed by atoms with Crippen LogP contribution in [0.15, 0.2) is 35.2 Å². The summed E-state index contributed by atoms with van der Waals surface area (Å²) in [6.07, 6.45) is 2.25. The van der Waals surface area contributed by atoms with Crippen molar-refractivity contribution in [3.05, 3.63) is 35.9 Å². The Labute approximate surface area is 162 Å². The van der Waals surface area contributed by atoms with Crippen LogP contribution in [0.4, 0.5) is 0 Å². The predicted molar refractivity (Wildman–Crippen MR) is 76.3 cm³/mol. The van der Waals surface area contributed by atoms with Gasteiger partial charge in [-0.2, -0.15) is 4.31 Å². The maximum Gasteiger partial charge on any atom is 0.243 e. The Balaban J connectivity index is 0.00000361. The second-order valence-electron chi connectivity index (χ2n) is 3.81. The number of nitrogens with zero attached hydrogens (tertiary/aromatic N) is 1. The van der Waals surface area contributed by atoms with Crippen molar-refractivity contribution in [3.63, 3.8) is 0 Å². The fourth-order valence-electron chi connectivity index (χ4n) is 1.63. The van der Waals surface area contributed by atoms with Gasteiger partial charge < -0.3 is 9.90 Å². The topological polar surface area (TPSA) is 77.5 Å². The molecule has 0 saturated heterocycles. The van der Waals surface area contributed by atoms with Gasteiger partial charge in [-0.05, 0) is 23.8 Å². The van der Waals surface area contributed by atoms with Crippen LogP contribution in [0.2, 0.25) is 0 Å². The number of hydrogen-bond acceptors (Lipinski definition) is 4. The van der Waals surface area contributed by atoms with E-state index in [0.29, 0.717) is 18.7 Å². The summed E-state index contributed by atoms with van der Waals surface area (Å²) in [6, 6.07) is 6.02. The Morgan fingerprint density at radius 1 is 1.20 bits per heavy atom. The minimum Gasteiger partial charge on any atom is -0.545 e. The number of benzene rings is 1. The van der Waals surface area contributed by atoms with Gasteiger partial charge in [0.2, 0.25) is 10.0 Å². The first-order chi connectivity index (χ1) is 8.91. The Morgan fingerprint density at radius 3 is 2.10 bits per heavy atom. The zero-order valence-corrected chi connectivity index (χ0v) is 15.8. The van der Waals surface area contributed by atoms with Crippen LogP contribution in [0.3, 0.4) is 0 Å². The van der Waals surface area contributed by atoms with Crippen molar-refractivity contribution in [1.82, 2.24) is 4.31 Å². The van der Waals surface area contributed by atoms with E-state index in [1.165, 1.54) is 22.5 Å². The van der Waals surface area contributed by atoms with Gasteiger partial charge in [0, 0.05) is 64.5 Å². The third-order valence-corrected chi connectivity index (χ3v) is 4.70. The second kappa shape index (κ2) is 9.09. The minimum absolute atomic E-state index is 0. The number of sulfonamides is 1. The van der Waals surface area contributed by atoms with E-state index in [4.69, 9.17) is 0 Å². The number of carboxylic acids is 1. The molecule has 0 spiro atoms. The molecule has 20 heavy (non-hydrogen) atoms. The SMILES string of the molecule is CCN(CC)S(=O)(=O)c1ccc(/C=C/C(=O)[O-])cc1.[K]. The molecular formula is C13H16KNO4S-. The second-order valence-corrected chi connectivity index (χ2v) is 5.75. The van der Waals surface area contributed by atoms with E-state index in [1.54, 1.807) is 26.0 Å². The molecule has 1 aromatic rings. The zero-order valence-electron chi connectivity index (χ0n) is 11.9. The Morgan fingerprint density at radius 2 is 1.70 bits per heavy atom. The van der Waals surface area contributed by atoms with E-state index in [1.807, 2.05) is 0 Å². The molecule has 0 aliphatic rings. The van der Waals surface area contributed by atoms with Crippen molar-refractivity contribution >= 4 is 73.5 Å². The fraction of sp³-hybridized carbons (Fsp3) is 0.308. The van der Waals surface area contributed by atoms with Crippen molar-refractivity contribution in [2.75, 3.05) is 13.1 Å². The van der Waals surface area contributed by atoms with Crippen LogP contribution < -0.4 is 5.11 Å². The molecule has 1 rings (SSSR count). The fourth-order valence-corrected chi connectivity index (χ4v) is 3.09. The van der Waals surface area contributed by atoms with Gasteiger partial charge in [-0.3, -0.25) is 0 Å². The quantitative estimate of drug-likeness (QED) is 0.550. The molecule has 1 radical (unpaired) electrons. The maximum absolute atomic E-state index is 12.2. The summed E-state index contributed by atoms with van der Waals surface area (Å²) in [5.41, 5.74) is 0.600. The Bertz CT molecular complexity index is 563. The van der Waals surface area contributed by atoms with E-state index in [2.05, 4.69) is 0 Å². The van der Waals surface area contributed by atoms with Crippen molar-refractivity contribution < 1.29 is 18.3 Å². The standard InChI is InChI=1S/C13H17NO4S.K/c1-3-14(4-2)19(17,18)12-8-5-11(6-9-12)7-10-13(15)16;/h5-10H,3-4H2,1-2H3,(H,15,16);/p-1/b10-7+;. The van der Waals surface area contributed by atoms with Crippen LogP contribution in [0.1, 0.15) is 19.4 Å². The molecule has 105 valence electrons. The third kappa shape index (κ3) is 5.40. The number of hydrogen-bond donors (Lipinski definition) is 0. The number of rotatable bonds is 6. The van der Waals surface area contributed by atoms with E-state index >= 15 is 0 Å². The number of carboxylic acid groups (broad SMARTS) is 1. The summed E-state index contributed by atoms with van der Waals surface area (Å²) >= 11 is 0. The van der Waals surface area contributed by atoms with Gasteiger partial charge in [0.15, 0.2) is 0 Å². The van der Waals surface area contributed by atoms with Crippen LogP contribution in [-0.2, 0) is 14.8 Å². The van der Waals surface area contributed by atoms with Crippen molar-refractivity contribution in [1.29, 1.82) is 0 Å². The normalized spacial score (nSPS) is 11.6. The van der Waals surface area contributed by atoms with Gasteiger partial charge in [0.05, 0.1) is 10.9 Å². The van der Waals surface area contributed by atoms with Crippen LogP contribution in [0.25, 0.3) is 6.08 Å². The summed E-state index contributed by atoms with van der Waals surface area (Å²) in [6.45, 7) is 4.37. The summed E-state index contributed by atoms with van der Waals surface area (Å²) in [5.74, 6) is -1.29. The number of aliphatic carboxylic acids is 1. The molecule has 0 heterocycles. The van der Waals surface area contributed by atoms with E-state index < -0.39 is 16.0 Å². The van der Waals surface area contributed by atoms with E-state index in [-0.39, 0.29) is 56.3 Å². The largest absolute Gasteiger partial charge is 0.545 e. The molecule has 5 nitrogen and oxygen atoms in total. The van der Waals surface area contributed by atoms with Crippen LogP contribution >= 0.6 is 0 Å². The molecule has 1 aromatic carbocycles. The van der Waals surface area contributed by atoms with Crippen molar-refractivity contribution in [3.8, 4) is 0 Å². The van der Waals surface area contributed by atoms with Gasteiger partial charge in [-0.25, -0.2) is 8.42 Å². The van der Waals surface area contributed by atoms with Gasteiger partial charge in [0.1, 0.15) is 0 Å². The van der Waals surface area contributed by atoms with Gasteiger partial charge in [0.25, 0.3) is 0 Å². The first-order valence-electron chi connectivity index (χ1n) is 5.91. The molecule has 0 aliphatic carbocycles. The van der Waals surface area contributed by atoms with Gasteiger partial charge in [-0.15, -0.1) is 0 Å². The Kier molecular flexibility index (Phi) is 9.08. The average Bonchev–Trinajstić information content (AvgIpc) is 2.38. The van der Waals surface area contributed by atoms with Crippen LogP contribution in [0.5, 0.6) is 0 Å². The van der Waals surface area contributed by atoms with Crippen LogP contribution in [-0.4, -0.2) is 83.2 Å². The monoisotopic (exact) mass is 321 g/mol. The average molecular weight is 321 g/mol. The molecule has 0 saturated carbocycles. The molecule has 0 aromatic heterocycles. The number of carbonyl (C=O) groups excluding carboxylic acids is 1. The molecule has 0 atom stereocenters. The number of carbonyl (C=O) groups is 1. The summed E-state index contributed by atoms with van der Waals surface area (Å²) in [5, 5.41) is 10.3. The summed E-state index contributed by atoms with van der Waals surface area (Å²) in [4.78, 5) is 10.5. The smallest absolute Gasteiger partial charge is 0.243 e. The molecule has 0 N–H and O–H groups in total. The van der Waals surface area contributed by atoms with Crippen molar-refractivity contribution in [2.24, 2.45) is 0 Å². The molecule has 7 heteroatoms. The van der Waals surface area contributed by atoms with Gasteiger partial charge in [-0.1, -0.05) is 32.1 Å².